The lowest BCUT2D eigenvalue weighted by Crippen LogP contribution is -2.49. The molecule has 0 N–H and O–H groups in total. The summed E-state index contributed by atoms with van der Waals surface area (Å²) in [4.78, 5) is 14.4. The van der Waals surface area contributed by atoms with Crippen LogP contribution >= 0.6 is 35.0 Å². The fraction of sp³-hybridized carbons (Fsp3) is 0.435. The molecule has 0 saturated carbocycles. The monoisotopic (exact) mass is 453 g/mol. The molecule has 3 rings (SSSR count). The lowest BCUT2D eigenvalue weighted by Gasteiger charge is -2.40. The number of hydrogen-bond acceptors (Lipinski definition) is 3. The third-order valence-electron chi connectivity index (χ3n) is 4.35. The van der Waals surface area contributed by atoms with Gasteiger partial charge in [-0.1, -0.05) is 74.3 Å². The minimum Gasteiger partial charge on any atom is -0.369 e. The zero-order valence-electron chi connectivity index (χ0n) is 17.4. The smallest absolute Gasteiger partial charge is 0.249 e. The molecule has 1 aliphatic heterocycles. The molecule has 29 heavy (non-hydrogen) atoms. The van der Waals surface area contributed by atoms with Gasteiger partial charge in [0.05, 0.1) is 12.6 Å². The van der Waals surface area contributed by atoms with E-state index in [1.54, 1.807) is 0 Å². The Bertz CT molecular complexity index is 763. The van der Waals surface area contributed by atoms with Gasteiger partial charge in [-0.05, 0) is 36.8 Å². The van der Waals surface area contributed by atoms with Crippen LogP contribution in [0.1, 0.15) is 39.3 Å². The van der Waals surface area contributed by atoms with Crippen LogP contribution in [0.5, 0.6) is 0 Å². The molecule has 6 heteroatoms. The lowest BCUT2D eigenvalue weighted by atomic mass is 10.0. The summed E-state index contributed by atoms with van der Waals surface area (Å²) in [6.07, 6.45) is 0. The molecule has 1 saturated heterocycles. The Morgan fingerprint density at radius 2 is 1.66 bits per heavy atom. The predicted molar refractivity (Wildman–Crippen MR) is 125 cm³/mol. The molecule has 0 spiro atoms. The van der Waals surface area contributed by atoms with Gasteiger partial charge in [0.2, 0.25) is 5.91 Å². The maximum Gasteiger partial charge on any atom is 0.249 e. The van der Waals surface area contributed by atoms with Crippen molar-refractivity contribution in [3.05, 3.63) is 70.2 Å². The highest BCUT2D eigenvalue weighted by atomic mass is 35.5. The van der Waals surface area contributed by atoms with Crippen molar-refractivity contribution in [3.8, 4) is 0 Å². The Balaban J connectivity index is 0.000000360. The van der Waals surface area contributed by atoms with E-state index < -0.39 is 0 Å². The molecule has 2 aromatic rings. The van der Waals surface area contributed by atoms with Gasteiger partial charge in [0.15, 0.2) is 0 Å². The summed E-state index contributed by atoms with van der Waals surface area (Å²) in [6, 6.07) is 17.3. The largest absolute Gasteiger partial charge is 0.369 e. The van der Waals surface area contributed by atoms with Crippen LogP contribution in [0.2, 0.25) is 10.0 Å². The van der Waals surface area contributed by atoms with E-state index in [1.165, 1.54) is 0 Å². The van der Waals surface area contributed by atoms with Crippen LogP contribution in [0.15, 0.2) is 54.6 Å². The van der Waals surface area contributed by atoms with E-state index in [-0.39, 0.29) is 29.3 Å². The average Bonchev–Trinajstić information content (AvgIpc) is 2.67. The molecule has 2 aromatic carbocycles. The van der Waals surface area contributed by atoms with Crippen molar-refractivity contribution in [2.24, 2.45) is 0 Å². The summed E-state index contributed by atoms with van der Waals surface area (Å²) in [7, 11) is 0. The van der Waals surface area contributed by atoms with Gasteiger partial charge >= 0.3 is 0 Å². The summed E-state index contributed by atoms with van der Waals surface area (Å²) in [5, 5.41) is 1.50. The van der Waals surface area contributed by atoms with E-state index in [1.807, 2.05) is 71.3 Å². The number of ether oxygens (including phenoxy) is 1. The van der Waals surface area contributed by atoms with Crippen molar-refractivity contribution in [2.45, 2.75) is 44.5 Å². The first kappa shape index (κ1) is 24.1. The van der Waals surface area contributed by atoms with E-state index in [9.17, 15) is 4.79 Å². The summed E-state index contributed by atoms with van der Waals surface area (Å²) >= 11 is 13.4. The number of morpholine rings is 1. The van der Waals surface area contributed by atoms with Crippen LogP contribution in [0.4, 0.5) is 0 Å². The maximum atomic E-state index is 12.4. The van der Waals surface area contributed by atoms with Crippen LogP contribution in [0.3, 0.4) is 0 Å². The summed E-state index contributed by atoms with van der Waals surface area (Å²) in [5.41, 5.74) is 1.07. The normalized spacial score (nSPS) is 18.1. The zero-order valence-corrected chi connectivity index (χ0v) is 19.7. The lowest BCUT2D eigenvalue weighted by molar-refractivity contribution is -0.151. The van der Waals surface area contributed by atoms with Gasteiger partial charge in [-0.3, -0.25) is 4.79 Å². The Kier molecular flexibility index (Phi) is 9.35. The molecule has 1 aliphatic rings. The number of carbonyl (C=O) groups is 1. The fourth-order valence-electron chi connectivity index (χ4n) is 2.95. The van der Waals surface area contributed by atoms with Crippen molar-refractivity contribution in [1.29, 1.82) is 0 Å². The predicted octanol–water partition coefficient (Wildman–Crippen LogP) is 6.50. The molecule has 2 atom stereocenters. The molecule has 0 aromatic heterocycles. The number of thioether (sulfide) groups is 1. The molecular formula is C23H29Cl2NO2S. The van der Waals surface area contributed by atoms with Crippen LogP contribution in [-0.2, 0) is 9.53 Å². The molecule has 1 amide bonds. The molecule has 1 heterocycles. The van der Waals surface area contributed by atoms with Crippen molar-refractivity contribution < 1.29 is 9.53 Å². The fourth-order valence-corrected chi connectivity index (χ4v) is 4.12. The number of rotatable bonds is 4. The molecule has 0 radical (unpaired) electrons. The summed E-state index contributed by atoms with van der Waals surface area (Å²) < 4.78 is 5.67. The third kappa shape index (κ3) is 8.21. The second-order valence-corrected chi connectivity index (χ2v) is 10.7. The minimum absolute atomic E-state index is 0.0333. The second-order valence-electron chi connectivity index (χ2n) is 7.95. The van der Waals surface area contributed by atoms with Gasteiger partial charge in [-0.25, -0.2) is 0 Å². The second kappa shape index (κ2) is 11.3. The molecule has 0 aliphatic carbocycles. The number of carbonyl (C=O) groups excluding carboxylic acids is 1. The van der Waals surface area contributed by atoms with Crippen molar-refractivity contribution >= 4 is 40.9 Å². The highest BCUT2D eigenvalue weighted by Crippen LogP contribution is 2.31. The van der Waals surface area contributed by atoms with Gasteiger partial charge in [0.1, 0.15) is 6.61 Å². The Hall–Kier alpha value is -1.20. The molecule has 3 nitrogen and oxygen atoms in total. The Morgan fingerprint density at radius 3 is 2.17 bits per heavy atom. The zero-order chi connectivity index (χ0) is 21.4. The van der Waals surface area contributed by atoms with E-state index >= 15 is 0 Å². The Morgan fingerprint density at radius 1 is 1.07 bits per heavy atom. The number of amides is 1. The molecular weight excluding hydrogens is 425 g/mol. The van der Waals surface area contributed by atoms with Crippen LogP contribution in [0.25, 0.3) is 0 Å². The van der Waals surface area contributed by atoms with Crippen molar-refractivity contribution in [2.75, 3.05) is 19.0 Å². The van der Waals surface area contributed by atoms with E-state index in [2.05, 4.69) is 27.7 Å². The minimum atomic E-state index is -0.0333. The SMILES string of the molecule is CC(CSC(C)(C)C)N1C(=O)COCC1c1ccc(Cl)cc1.Clc1ccccc1. The first-order valence-electron chi connectivity index (χ1n) is 9.66. The summed E-state index contributed by atoms with van der Waals surface area (Å²) in [6.45, 7) is 9.42. The van der Waals surface area contributed by atoms with Crippen molar-refractivity contribution in [3.63, 3.8) is 0 Å². The van der Waals surface area contributed by atoms with Crippen LogP contribution in [-0.4, -0.2) is 40.6 Å². The van der Waals surface area contributed by atoms with E-state index in [0.29, 0.717) is 11.6 Å². The number of benzene rings is 2. The van der Waals surface area contributed by atoms with E-state index in [4.69, 9.17) is 27.9 Å². The summed E-state index contributed by atoms with van der Waals surface area (Å²) in [5.74, 6) is 0.979. The standard InChI is InChI=1S/C17H24ClNO2S.C6H5Cl/c1-12(11-22-17(2,3)4)19-15(9-21-10-16(19)20)13-5-7-14(18)8-6-13;7-6-4-2-1-3-5-6/h5-8,12,15H,9-11H2,1-4H3;1-5H. The Labute approximate surface area is 188 Å². The quantitative estimate of drug-likeness (QED) is 0.528. The highest BCUT2D eigenvalue weighted by Gasteiger charge is 2.33. The van der Waals surface area contributed by atoms with Crippen molar-refractivity contribution in [1.82, 2.24) is 4.90 Å². The molecule has 1 fully saturated rings. The number of nitrogens with zero attached hydrogens (tertiary/aromatic N) is 1. The van der Waals surface area contributed by atoms with Gasteiger partial charge in [-0.2, -0.15) is 11.8 Å². The number of halogens is 2. The topological polar surface area (TPSA) is 29.5 Å². The molecule has 0 bridgehead atoms. The van der Waals surface area contributed by atoms with Gasteiger partial charge in [-0.15, -0.1) is 0 Å². The van der Waals surface area contributed by atoms with Gasteiger partial charge in [0, 0.05) is 26.6 Å². The van der Waals surface area contributed by atoms with Crippen LogP contribution < -0.4 is 0 Å². The first-order chi connectivity index (χ1) is 13.7. The first-order valence-corrected chi connectivity index (χ1v) is 11.4. The average molecular weight is 454 g/mol. The van der Waals surface area contributed by atoms with Gasteiger partial charge < -0.3 is 9.64 Å². The molecule has 158 valence electrons. The third-order valence-corrected chi connectivity index (χ3v) is 6.36. The molecule has 2 unspecified atom stereocenters. The maximum absolute atomic E-state index is 12.4. The van der Waals surface area contributed by atoms with Crippen LogP contribution in [0, 0.1) is 0 Å². The highest BCUT2D eigenvalue weighted by molar-refractivity contribution is 8.00. The van der Waals surface area contributed by atoms with E-state index in [0.717, 1.165) is 16.3 Å². The number of hydrogen-bond donors (Lipinski definition) is 0. The van der Waals surface area contributed by atoms with Gasteiger partial charge in [0.25, 0.3) is 0 Å².